The third kappa shape index (κ3) is 19.8. The van der Waals surface area contributed by atoms with Crippen molar-refractivity contribution in [2.45, 2.75) is 13.8 Å². The maximum atomic E-state index is 10.1. The fraction of sp³-hybridized carbons (Fsp3) is 0.333. The number of rotatable bonds is 1. The lowest BCUT2D eigenvalue weighted by Crippen LogP contribution is -1.93. The predicted molar refractivity (Wildman–Crippen MR) is 35.7 cm³/mol. The maximum absolute atomic E-state index is 10.1. The lowest BCUT2D eigenvalue weighted by molar-refractivity contribution is -0.112. The second kappa shape index (κ2) is 6.88. The van der Waals surface area contributed by atoms with E-state index in [-0.39, 0.29) is 5.78 Å². The van der Waals surface area contributed by atoms with Crippen LogP contribution in [-0.2, 0) is 9.59 Å². The van der Waals surface area contributed by atoms with E-state index in [0.29, 0.717) is 5.70 Å². The van der Waals surface area contributed by atoms with Crippen LogP contribution in [0, 0.1) is 0 Å². The SMILES string of the molecule is C=O.CC(=O)C=C(C)N. The van der Waals surface area contributed by atoms with Gasteiger partial charge < -0.3 is 10.5 Å². The van der Waals surface area contributed by atoms with E-state index in [1.54, 1.807) is 6.92 Å². The molecule has 0 saturated heterocycles. The Morgan fingerprint density at radius 2 is 1.78 bits per heavy atom. The number of hydrogen-bond donors (Lipinski definition) is 1. The molecule has 0 rings (SSSR count). The summed E-state index contributed by atoms with van der Waals surface area (Å²) < 4.78 is 0. The van der Waals surface area contributed by atoms with Crippen LogP contribution in [-0.4, -0.2) is 12.6 Å². The molecule has 3 nitrogen and oxygen atoms in total. The number of allylic oxidation sites excluding steroid dienone is 2. The Bertz CT molecular complexity index is 114. The van der Waals surface area contributed by atoms with Crippen molar-refractivity contribution < 1.29 is 9.59 Å². The summed E-state index contributed by atoms with van der Waals surface area (Å²) in [6, 6.07) is 0. The molecule has 0 heterocycles. The first-order valence-electron chi connectivity index (χ1n) is 2.36. The largest absolute Gasteiger partial charge is 0.402 e. The molecule has 0 atom stereocenters. The first kappa shape index (κ1) is 10.8. The fourth-order valence-corrected chi connectivity index (χ4v) is 0.321. The molecular weight excluding hydrogens is 118 g/mol. The summed E-state index contributed by atoms with van der Waals surface area (Å²) >= 11 is 0. The summed E-state index contributed by atoms with van der Waals surface area (Å²) in [4.78, 5) is 18.1. The highest BCUT2D eigenvalue weighted by Gasteiger charge is 1.80. The van der Waals surface area contributed by atoms with Gasteiger partial charge in [-0.1, -0.05) is 0 Å². The molecule has 0 spiro atoms. The van der Waals surface area contributed by atoms with Crippen LogP contribution >= 0.6 is 0 Å². The van der Waals surface area contributed by atoms with Crippen molar-refractivity contribution in [2.24, 2.45) is 5.73 Å². The van der Waals surface area contributed by atoms with E-state index >= 15 is 0 Å². The Balaban J connectivity index is 0. The third-order valence-electron chi connectivity index (χ3n) is 0.431. The van der Waals surface area contributed by atoms with E-state index < -0.39 is 0 Å². The summed E-state index contributed by atoms with van der Waals surface area (Å²) in [6.45, 7) is 5.15. The van der Waals surface area contributed by atoms with Gasteiger partial charge in [0.25, 0.3) is 0 Å². The number of ketones is 1. The maximum Gasteiger partial charge on any atom is 0.154 e. The molecule has 0 aromatic heterocycles. The van der Waals surface area contributed by atoms with Crippen molar-refractivity contribution in [1.82, 2.24) is 0 Å². The zero-order valence-electron chi connectivity index (χ0n) is 5.68. The topological polar surface area (TPSA) is 60.2 Å². The zero-order chi connectivity index (χ0) is 7.86. The quantitative estimate of drug-likeness (QED) is 0.516. The van der Waals surface area contributed by atoms with Crippen molar-refractivity contribution in [3.05, 3.63) is 11.8 Å². The minimum Gasteiger partial charge on any atom is -0.402 e. The highest BCUT2D eigenvalue weighted by molar-refractivity contribution is 5.87. The summed E-state index contributed by atoms with van der Waals surface area (Å²) in [5.74, 6) is 0.000000000000000444. The van der Waals surface area contributed by atoms with Gasteiger partial charge in [-0.15, -0.1) is 0 Å². The van der Waals surface area contributed by atoms with Gasteiger partial charge >= 0.3 is 0 Å². The summed E-state index contributed by atoms with van der Waals surface area (Å²) in [5, 5.41) is 0. The van der Waals surface area contributed by atoms with E-state index in [9.17, 15) is 4.79 Å². The number of nitrogens with two attached hydrogens (primary N) is 1. The van der Waals surface area contributed by atoms with Gasteiger partial charge in [-0.3, -0.25) is 4.79 Å². The molecular formula is C6H11NO2. The second-order valence-corrected chi connectivity index (χ2v) is 1.50. The van der Waals surface area contributed by atoms with E-state index in [0.717, 1.165) is 0 Å². The first-order chi connectivity index (χ1) is 4.13. The Hall–Kier alpha value is -1.12. The normalized spacial score (nSPS) is 9.33. The molecule has 0 unspecified atom stereocenters. The molecule has 0 saturated carbocycles. The van der Waals surface area contributed by atoms with Gasteiger partial charge in [0.1, 0.15) is 6.79 Å². The predicted octanol–water partition coefficient (Wildman–Crippen LogP) is 0.253. The molecule has 0 aromatic rings. The Morgan fingerprint density at radius 1 is 1.44 bits per heavy atom. The van der Waals surface area contributed by atoms with Crippen LogP contribution in [0.15, 0.2) is 11.8 Å². The van der Waals surface area contributed by atoms with Crippen molar-refractivity contribution >= 4 is 12.6 Å². The highest BCUT2D eigenvalue weighted by Crippen LogP contribution is 1.78. The van der Waals surface area contributed by atoms with Crippen molar-refractivity contribution in [3.63, 3.8) is 0 Å². The Labute approximate surface area is 54.5 Å². The fourth-order valence-electron chi connectivity index (χ4n) is 0.321. The highest BCUT2D eigenvalue weighted by atomic mass is 16.1. The number of carbonyl (C=O) groups excluding carboxylic acids is 2. The standard InChI is InChI=1S/C5H9NO.CH2O/c1-4(6)3-5(2)7;1-2/h3H,6H2,1-2H3;1H2. The van der Waals surface area contributed by atoms with Crippen molar-refractivity contribution in [2.75, 3.05) is 0 Å². The minimum absolute atomic E-state index is 0.000000000000000444. The van der Waals surface area contributed by atoms with Gasteiger partial charge in [0.15, 0.2) is 5.78 Å². The molecule has 0 radical (unpaired) electrons. The van der Waals surface area contributed by atoms with Crippen LogP contribution in [0.4, 0.5) is 0 Å². The molecule has 0 fully saturated rings. The zero-order valence-corrected chi connectivity index (χ0v) is 5.68. The molecule has 0 aliphatic heterocycles. The molecule has 0 bridgehead atoms. The lowest BCUT2D eigenvalue weighted by atomic mass is 10.3. The van der Waals surface area contributed by atoms with Gasteiger partial charge in [0.2, 0.25) is 0 Å². The van der Waals surface area contributed by atoms with Crippen LogP contribution < -0.4 is 5.73 Å². The van der Waals surface area contributed by atoms with Gasteiger partial charge in [0, 0.05) is 5.70 Å². The van der Waals surface area contributed by atoms with Gasteiger partial charge in [-0.05, 0) is 19.9 Å². The van der Waals surface area contributed by atoms with Crippen molar-refractivity contribution in [3.8, 4) is 0 Å². The molecule has 0 aromatic carbocycles. The van der Waals surface area contributed by atoms with E-state index in [1.807, 2.05) is 6.79 Å². The number of carbonyl (C=O) groups is 2. The third-order valence-corrected chi connectivity index (χ3v) is 0.431. The van der Waals surface area contributed by atoms with Crippen LogP contribution in [0.2, 0.25) is 0 Å². The molecule has 52 valence electrons. The van der Waals surface area contributed by atoms with Gasteiger partial charge in [-0.25, -0.2) is 0 Å². The summed E-state index contributed by atoms with van der Waals surface area (Å²) in [7, 11) is 0. The van der Waals surface area contributed by atoms with Gasteiger partial charge in [-0.2, -0.15) is 0 Å². The molecule has 0 amide bonds. The monoisotopic (exact) mass is 129 g/mol. The van der Waals surface area contributed by atoms with Crippen LogP contribution in [0.1, 0.15) is 13.8 Å². The average molecular weight is 129 g/mol. The minimum atomic E-state index is 0.000000000000000444. The van der Waals surface area contributed by atoms with Crippen LogP contribution in [0.5, 0.6) is 0 Å². The molecule has 0 aliphatic carbocycles. The molecule has 3 heteroatoms. The summed E-state index contributed by atoms with van der Waals surface area (Å²) in [6.07, 6.45) is 1.39. The molecule has 9 heavy (non-hydrogen) atoms. The Morgan fingerprint density at radius 3 is 1.78 bits per heavy atom. The lowest BCUT2D eigenvalue weighted by Gasteiger charge is -1.81. The van der Waals surface area contributed by atoms with Gasteiger partial charge in [0.05, 0.1) is 0 Å². The Kier molecular flexibility index (Phi) is 8.25. The van der Waals surface area contributed by atoms with E-state index in [1.165, 1.54) is 13.0 Å². The van der Waals surface area contributed by atoms with E-state index in [4.69, 9.17) is 10.5 Å². The summed E-state index contributed by atoms with van der Waals surface area (Å²) in [5.41, 5.74) is 5.70. The smallest absolute Gasteiger partial charge is 0.154 e. The molecule has 0 aliphatic rings. The van der Waals surface area contributed by atoms with Crippen LogP contribution in [0.3, 0.4) is 0 Å². The average Bonchev–Trinajstić information content (AvgIpc) is 1.68. The molecule has 2 N–H and O–H groups in total. The second-order valence-electron chi connectivity index (χ2n) is 1.50. The number of hydrogen-bond acceptors (Lipinski definition) is 3. The van der Waals surface area contributed by atoms with E-state index in [2.05, 4.69) is 0 Å². The van der Waals surface area contributed by atoms with Crippen LogP contribution in [0.25, 0.3) is 0 Å². The first-order valence-corrected chi connectivity index (χ1v) is 2.36. The van der Waals surface area contributed by atoms with Crippen molar-refractivity contribution in [1.29, 1.82) is 0 Å².